The highest BCUT2D eigenvalue weighted by Crippen LogP contribution is 2.32. The second-order valence-corrected chi connectivity index (χ2v) is 8.63. The maximum atomic E-state index is 12.5. The van der Waals surface area contributed by atoms with Crippen LogP contribution in [0.5, 0.6) is 0 Å². The van der Waals surface area contributed by atoms with Gasteiger partial charge in [0.15, 0.2) is 0 Å². The molecule has 0 saturated carbocycles. The molecule has 1 aromatic rings. The van der Waals surface area contributed by atoms with E-state index in [0.717, 1.165) is 19.5 Å². The number of carbonyl (C=O) groups excluding carboxylic acids is 1. The molecule has 0 radical (unpaired) electrons. The third kappa shape index (κ3) is 5.70. The fourth-order valence-electron chi connectivity index (χ4n) is 3.49. The fraction of sp³-hybridized carbons (Fsp3) is 0.714. The van der Waals surface area contributed by atoms with Crippen molar-refractivity contribution >= 4 is 11.9 Å². The van der Waals surface area contributed by atoms with E-state index in [9.17, 15) is 4.79 Å². The highest BCUT2D eigenvalue weighted by atomic mass is 16.6. The first-order valence-electron chi connectivity index (χ1n) is 9.91. The molecule has 5 nitrogen and oxygen atoms in total. The number of anilines is 1. The van der Waals surface area contributed by atoms with Crippen LogP contribution < -0.4 is 4.90 Å². The summed E-state index contributed by atoms with van der Waals surface area (Å²) in [4.78, 5) is 21.3. The Labute approximate surface area is 158 Å². The Morgan fingerprint density at radius 1 is 1.38 bits per heavy atom. The van der Waals surface area contributed by atoms with Crippen LogP contribution in [0.2, 0.25) is 0 Å². The Morgan fingerprint density at radius 2 is 2.12 bits per heavy atom. The number of aromatic nitrogens is 1. The Hall–Kier alpha value is -1.62. The maximum Gasteiger partial charge on any atom is 0.416 e. The summed E-state index contributed by atoms with van der Waals surface area (Å²) in [5.41, 5.74) is 0.733. The van der Waals surface area contributed by atoms with Gasteiger partial charge in [0.2, 0.25) is 0 Å². The van der Waals surface area contributed by atoms with Crippen LogP contribution >= 0.6 is 0 Å². The second kappa shape index (κ2) is 8.85. The van der Waals surface area contributed by atoms with Gasteiger partial charge < -0.3 is 4.74 Å². The van der Waals surface area contributed by atoms with Crippen LogP contribution in [0.4, 0.5) is 10.6 Å². The number of nitrogens with zero attached hydrogens (tertiary/aromatic N) is 3. The van der Waals surface area contributed by atoms with Crippen LogP contribution in [0.15, 0.2) is 18.3 Å². The zero-order chi connectivity index (χ0) is 19.3. The number of rotatable bonds is 6. The summed E-state index contributed by atoms with van der Waals surface area (Å²) in [7, 11) is 0. The SMILES string of the molecule is CCCN(C(=O)OC(C)(C)C)c1ccc([C@H]2CCCN2CC(C)C)cn1. The average molecular weight is 362 g/mol. The number of carbonyl (C=O) groups is 1. The number of hydrogen-bond acceptors (Lipinski definition) is 4. The van der Waals surface area contributed by atoms with Gasteiger partial charge in [-0.3, -0.25) is 9.80 Å². The minimum Gasteiger partial charge on any atom is -0.443 e. The molecule has 0 unspecified atom stereocenters. The predicted octanol–water partition coefficient (Wildman–Crippen LogP) is 5.03. The zero-order valence-electron chi connectivity index (χ0n) is 17.3. The van der Waals surface area contributed by atoms with Crippen molar-refractivity contribution in [1.29, 1.82) is 0 Å². The molecule has 5 heteroatoms. The molecule has 26 heavy (non-hydrogen) atoms. The molecule has 0 spiro atoms. The Morgan fingerprint density at radius 3 is 2.65 bits per heavy atom. The van der Waals surface area contributed by atoms with Gasteiger partial charge in [-0.2, -0.15) is 0 Å². The molecule has 1 fully saturated rings. The first-order valence-corrected chi connectivity index (χ1v) is 9.91. The molecule has 1 aromatic heterocycles. The van der Waals surface area contributed by atoms with Crippen molar-refractivity contribution in [1.82, 2.24) is 9.88 Å². The van der Waals surface area contributed by atoms with Gasteiger partial charge in [-0.1, -0.05) is 26.8 Å². The van der Waals surface area contributed by atoms with E-state index < -0.39 is 5.60 Å². The van der Waals surface area contributed by atoms with Crippen LogP contribution in [0, 0.1) is 5.92 Å². The van der Waals surface area contributed by atoms with Crippen molar-refractivity contribution in [3.63, 3.8) is 0 Å². The van der Waals surface area contributed by atoms with E-state index in [0.29, 0.717) is 24.3 Å². The minimum absolute atomic E-state index is 0.332. The molecule has 2 heterocycles. The summed E-state index contributed by atoms with van der Waals surface area (Å²) in [6.45, 7) is 15.1. The molecule has 146 valence electrons. The topological polar surface area (TPSA) is 45.7 Å². The Bertz CT molecular complexity index is 578. The van der Waals surface area contributed by atoms with Gasteiger partial charge in [0, 0.05) is 25.3 Å². The van der Waals surface area contributed by atoms with Crippen LogP contribution in [0.3, 0.4) is 0 Å². The molecule has 1 aliphatic heterocycles. The molecular formula is C21H35N3O2. The summed E-state index contributed by atoms with van der Waals surface area (Å²) < 4.78 is 5.54. The lowest BCUT2D eigenvalue weighted by Crippen LogP contribution is -2.37. The van der Waals surface area contributed by atoms with E-state index in [1.54, 1.807) is 4.90 Å². The van der Waals surface area contributed by atoms with Crippen molar-refractivity contribution in [3.8, 4) is 0 Å². The largest absolute Gasteiger partial charge is 0.443 e. The zero-order valence-corrected chi connectivity index (χ0v) is 17.3. The summed E-state index contributed by atoms with van der Waals surface area (Å²) >= 11 is 0. The normalized spacial score (nSPS) is 18.3. The van der Waals surface area contributed by atoms with Crippen LogP contribution in [0.25, 0.3) is 0 Å². The Balaban J connectivity index is 2.14. The molecular weight excluding hydrogens is 326 g/mol. The lowest BCUT2D eigenvalue weighted by Gasteiger charge is -2.28. The van der Waals surface area contributed by atoms with Gasteiger partial charge in [0.25, 0.3) is 0 Å². The van der Waals surface area contributed by atoms with Gasteiger partial charge >= 0.3 is 6.09 Å². The first-order chi connectivity index (χ1) is 12.2. The molecule has 0 N–H and O–H groups in total. The molecule has 0 aliphatic carbocycles. The summed E-state index contributed by atoms with van der Waals surface area (Å²) in [6.07, 6.45) is 4.87. The van der Waals surface area contributed by atoms with Crippen molar-refractivity contribution in [2.45, 2.75) is 72.4 Å². The van der Waals surface area contributed by atoms with Gasteiger partial charge in [0.05, 0.1) is 0 Å². The van der Waals surface area contributed by atoms with E-state index in [-0.39, 0.29) is 6.09 Å². The molecule has 0 bridgehead atoms. The minimum atomic E-state index is -0.510. The van der Waals surface area contributed by atoms with Crippen LogP contribution in [0.1, 0.15) is 72.4 Å². The van der Waals surface area contributed by atoms with E-state index in [1.807, 2.05) is 40.0 Å². The molecule has 0 aromatic carbocycles. The van der Waals surface area contributed by atoms with Crippen LogP contribution in [-0.2, 0) is 4.74 Å². The number of hydrogen-bond donors (Lipinski definition) is 0. The number of pyridine rings is 1. The van der Waals surface area contributed by atoms with Crippen molar-refractivity contribution in [3.05, 3.63) is 23.9 Å². The maximum absolute atomic E-state index is 12.5. The number of likely N-dealkylation sites (tertiary alicyclic amines) is 1. The molecule has 1 amide bonds. The number of ether oxygens (including phenoxy) is 1. The van der Waals surface area contributed by atoms with E-state index in [2.05, 4.69) is 29.8 Å². The third-order valence-electron chi connectivity index (χ3n) is 4.46. The average Bonchev–Trinajstić information content (AvgIpc) is 2.98. The van der Waals surface area contributed by atoms with Crippen molar-refractivity contribution < 1.29 is 9.53 Å². The van der Waals surface area contributed by atoms with Gasteiger partial charge in [-0.05, 0) is 64.1 Å². The third-order valence-corrected chi connectivity index (χ3v) is 4.46. The summed E-state index contributed by atoms with van der Waals surface area (Å²) in [5.74, 6) is 1.33. The highest BCUT2D eigenvalue weighted by Gasteiger charge is 2.28. The van der Waals surface area contributed by atoms with Gasteiger partial charge in [-0.15, -0.1) is 0 Å². The smallest absolute Gasteiger partial charge is 0.416 e. The molecule has 2 rings (SSSR count). The lowest BCUT2D eigenvalue weighted by molar-refractivity contribution is 0.0579. The molecule has 1 aliphatic rings. The standard InChI is InChI=1S/C21H35N3O2/c1-7-12-24(20(25)26-21(4,5)6)19-11-10-17(14-22-19)18-9-8-13-23(18)15-16(2)3/h10-11,14,16,18H,7-9,12-13,15H2,1-6H3/t18-/m1/s1. The summed E-state index contributed by atoms with van der Waals surface area (Å²) in [5, 5.41) is 0. The van der Waals surface area contributed by atoms with E-state index in [1.165, 1.54) is 18.4 Å². The van der Waals surface area contributed by atoms with Crippen LogP contribution in [-0.4, -0.2) is 41.2 Å². The first kappa shape index (κ1) is 20.7. The highest BCUT2D eigenvalue weighted by molar-refractivity contribution is 5.86. The second-order valence-electron chi connectivity index (χ2n) is 8.63. The van der Waals surface area contributed by atoms with E-state index in [4.69, 9.17) is 4.74 Å². The Kier molecular flexibility index (Phi) is 7.04. The van der Waals surface area contributed by atoms with E-state index >= 15 is 0 Å². The quantitative estimate of drug-likeness (QED) is 0.713. The van der Waals surface area contributed by atoms with Gasteiger partial charge in [0.1, 0.15) is 11.4 Å². The van der Waals surface area contributed by atoms with Crippen molar-refractivity contribution in [2.75, 3.05) is 24.5 Å². The molecule has 1 atom stereocenters. The lowest BCUT2D eigenvalue weighted by atomic mass is 10.1. The predicted molar refractivity (Wildman–Crippen MR) is 106 cm³/mol. The molecule has 1 saturated heterocycles. The fourth-order valence-corrected chi connectivity index (χ4v) is 3.49. The van der Waals surface area contributed by atoms with Gasteiger partial charge in [-0.25, -0.2) is 9.78 Å². The number of amides is 1. The van der Waals surface area contributed by atoms with Crippen molar-refractivity contribution in [2.24, 2.45) is 5.92 Å². The summed E-state index contributed by atoms with van der Waals surface area (Å²) in [6, 6.07) is 4.53. The monoisotopic (exact) mass is 361 g/mol.